The molecule has 0 aliphatic rings. The summed E-state index contributed by atoms with van der Waals surface area (Å²) < 4.78 is 32.1. The van der Waals surface area contributed by atoms with E-state index >= 15 is 0 Å². The second kappa shape index (κ2) is 11.1. The molecule has 2 heterocycles. The molecular weight excluding hydrogens is 467 g/mol. The van der Waals surface area contributed by atoms with Gasteiger partial charge in [0.2, 0.25) is 11.9 Å². The van der Waals surface area contributed by atoms with Gasteiger partial charge in [-0.2, -0.15) is 0 Å². The summed E-state index contributed by atoms with van der Waals surface area (Å²) in [5.41, 5.74) is 3.76. The van der Waals surface area contributed by atoms with E-state index in [0.717, 1.165) is 28.2 Å². The van der Waals surface area contributed by atoms with Crippen molar-refractivity contribution >= 4 is 39.8 Å². The largest absolute Gasteiger partial charge is 0.494 e. The first kappa shape index (κ1) is 21.9. The number of benzene rings is 2. The topological polar surface area (TPSA) is 87.6 Å². The minimum absolute atomic E-state index is 0.187. The molecule has 0 aliphatic heterocycles. The van der Waals surface area contributed by atoms with Gasteiger partial charge in [0.1, 0.15) is 5.75 Å². The first-order valence-corrected chi connectivity index (χ1v) is 11.7. The molecule has 37 heavy (non-hydrogen) atoms. The number of carbonyl (C=O) groups excluding carboxylic acids is 1. The zero-order chi connectivity index (χ0) is 29.0. The van der Waals surface area contributed by atoms with Crippen LogP contribution in [0, 0.1) is 0 Å². The van der Waals surface area contributed by atoms with Gasteiger partial charge < -0.3 is 29.7 Å². The van der Waals surface area contributed by atoms with Crippen molar-refractivity contribution in [2.24, 2.45) is 7.05 Å². The molecule has 1 amide bonds. The Morgan fingerprint density at radius 1 is 1.22 bits per heavy atom. The number of anilines is 4. The maximum atomic E-state index is 12.3. The van der Waals surface area contributed by atoms with E-state index in [9.17, 15) is 4.79 Å². The number of hydrogen-bond donors (Lipinski definition) is 2. The number of nitrogens with zero attached hydrogens (tertiary/aromatic N) is 5. The number of aryl methyl sites for hydroxylation is 1. The van der Waals surface area contributed by atoms with Crippen molar-refractivity contribution in [3.63, 3.8) is 0 Å². The monoisotopic (exact) mass is 503 g/mol. The van der Waals surface area contributed by atoms with Crippen LogP contribution in [0.1, 0.15) is 4.11 Å². The highest BCUT2D eigenvalue weighted by Crippen LogP contribution is 2.38. The number of fused-ring (bicyclic) bond motifs is 1. The lowest BCUT2D eigenvalue weighted by atomic mass is 10.1. The predicted molar refractivity (Wildman–Crippen MR) is 151 cm³/mol. The summed E-state index contributed by atoms with van der Waals surface area (Å²) >= 11 is 0. The van der Waals surface area contributed by atoms with Gasteiger partial charge in [0.25, 0.3) is 0 Å². The van der Waals surface area contributed by atoms with E-state index in [1.54, 1.807) is 18.3 Å². The molecule has 0 bridgehead atoms. The molecule has 0 saturated heterocycles. The molecule has 0 saturated carbocycles. The first-order valence-electron chi connectivity index (χ1n) is 13.2. The number of ether oxygens (including phenoxy) is 1. The molecule has 0 radical (unpaired) electrons. The van der Waals surface area contributed by atoms with Crippen LogP contribution in [-0.4, -0.2) is 66.6 Å². The quantitative estimate of drug-likeness (QED) is 0.243. The predicted octanol–water partition coefficient (Wildman–Crippen LogP) is 4.51. The van der Waals surface area contributed by atoms with Crippen LogP contribution in [0.5, 0.6) is 5.75 Å². The Bertz CT molecular complexity index is 1530. The third kappa shape index (κ3) is 5.73. The molecule has 192 valence electrons. The highest BCUT2D eigenvalue weighted by molar-refractivity contribution is 6.02. The molecular formula is C28H33N7O2. The number of carbonyl (C=O) groups is 1. The van der Waals surface area contributed by atoms with Crippen molar-refractivity contribution < 1.29 is 13.6 Å². The summed E-state index contributed by atoms with van der Waals surface area (Å²) in [4.78, 5) is 24.6. The molecule has 4 rings (SSSR count). The average molecular weight is 504 g/mol. The second-order valence-corrected chi connectivity index (χ2v) is 8.78. The van der Waals surface area contributed by atoms with Crippen LogP contribution in [0.2, 0.25) is 0 Å². The van der Waals surface area contributed by atoms with Gasteiger partial charge in [0.05, 0.1) is 29.9 Å². The lowest BCUT2D eigenvalue weighted by molar-refractivity contribution is -0.111. The molecule has 0 spiro atoms. The Kier molecular flexibility index (Phi) is 6.58. The molecule has 0 atom stereocenters. The van der Waals surface area contributed by atoms with E-state index in [-0.39, 0.29) is 17.9 Å². The van der Waals surface area contributed by atoms with Gasteiger partial charge in [0, 0.05) is 66.2 Å². The van der Waals surface area contributed by atoms with Crippen LogP contribution in [0.4, 0.5) is 23.0 Å². The molecule has 9 nitrogen and oxygen atoms in total. The van der Waals surface area contributed by atoms with E-state index in [0.29, 0.717) is 23.9 Å². The lowest BCUT2D eigenvalue weighted by Crippen LogP contribution is -2.29. The second-order valence-electron chi connectivity index (χ2n) is 8.78. The van der Waals surface area contributed by atoms with Gasteiger partial charge in [-0.05, 0) is 38.4 Å². The Morgan fingerprint density at radius 2 is 2.03 bits per heavy atom. The number of methoxy groups -OCH3 is 1. The zero-order valence-electron chi connectivity index (χ0n) is 24.4. The maximum absolute atomic E-state index is 12.3. The van der Waals surface area contributed by atoms with Crippen molar-refractivity contribution in [3.8, 4) is 17.0 Å². The summed E-state index contributed by atoms with van der Waals surface area (Å²) in [6, 6.07) is 13.1. The molecule has 0 fully saturated rings. The van der Waals surface area contributed by atoms with Gasteiger partial charge in [0.15, 0.2) is 0 Å². The number of para-hydroxylation sites is 1. The minimum atomic E-state index is -2.47. The fourth-order valence-corrected chi connectivity index (χ4v) is 4.00. The molecule has 2 aromatic heterocycles. The van der Waals surface area contributed by atoms with E-state index in [2.05, 4.69) is 22.2 Å². The summed E-state index contributed by atoms with van der Waals surface area (Å²) in [7, 11) is 7.19. The highest BCUT2D eigenvalue weighted by Gasteiger charge is 2.17. The smallest absolute Gasteiger partial charge is 0.247 e. The fourth-order valence-electron chi connectivity index (χ4n) is 4.00. The van der Waals surface area contributed by atoms with Crippen LogP contribution in [0.3, 0.4) is 0 Å². The van der Waals surface area contributed by atoms with Crippen LogP contribution < -0.4 is 20.3 Å². The van der Waals surface area contributed by atoms with Crippen molar-refractivity contribution in [1.29, 1.82) is 0 Å². The van der Waals surface area contributed by atoms with Crippen LogP contribution in [-0.2, 0) is 11.8 Å². The number of nitrogens with one attached hydrogen (secondary N) is 2. The van der Waals surface area contributed by atoms with Gasteiger partial charge in [-0.1, -0.05) is 24.8 Å². The molecule has 0 unspecified atom stereocenters. The first-order chi connectivity index (χ1) is 19.0. The average Bonchev–Trinajstić information content (AvgIpc) is 3.25. The molecule has 9 heteroatoms. The van der Waals surface area contributed by atoms with Crippen molar-refractivity contribution in [2.45, 2.75) is 0 Å². The molecule has 2 aromatic carbocycles. The number of rotatable bonds is 10. The Morgan fingerprint density at radius 3 is 2.76 bits per heavy atom. The highest BCUT2D eigenvalue weighted by atomic mass is 16.5. The Hall–Kier alpha value is -4.37. The van der Waals surface area contributed by atoms with Crippen molar-refractivity contribution in [2.75, 3.05) is 56.8 Å². The van der Waals surface area contributed by atoms with Gasteiger partial charge in [-0.15, -0.1) is 0 Å². The van der Waals surface area contributed by atoms with E-state index in [4.69, 9.17) is 13.8 Å². The summed E-state index contributed by atoms with van der Waals surface area (Å²) in [5.74, 6) is 0.173. The van der Waals surface area contributed by atoms with Gasteiger partial charge in [-0.3, -0.25) is 4.79 Å². The Labute approximate surface area is 221 Å². The van der Waals surface area contributed by atoms with Crippen LogP contribution >= 0.6 is 0 Å². The zero-order valence-corrected chi connectivity index (χ0v) is 21.4. The van der Waals surface area contributed by atoms with Gasteiger partial charge in [-0.25, -0.2) is 9.97 Å². The van der Waals surface area contributed by atoms with E-state index in [1.165, 1.54) is 12.0 Å². The van der Waals surface area contributed by atoms with Gasteiger partial charge >= 0.3 is 0 Å². The maximum Gasteiger partial charge on any atom is 0.247 e. The third-order valence-corrected chi connectivity index (χ3v) is 5.90. The SMILES string of the molecule is [2H][13C]([2H])([2H])N(CCN(C)C)c1cc(OC)c(Nc2nccc(-c3cn(C)c4ccccc34)n2)cc1NC(=O)C=C. The summed E-state index contributed by atoms with van der Waals surface area (Å²) in [6.07, 6.45) is 4.80. The van der Waals surface area contributed by atoms with E-state index in [1.807, 2.05) is 67.1 Å². The van der Waals surface area contributed by atoms with Crippen molar-refractivity contribution in [1.82, 2.24) is 19.4 Å². The third-order valence-electron chi connectivity index (χ3n) is 5.90. The molecule has 2 N–H and O–H groups in total. The number of aromatic nitrogens is 3. The molecule has 0 aliphatic carbocycles. The summed E-state index contributed by atoms with van der Waals surface area (Å²) in [6.45, 7) is 1.71. The lowest BCUT2D eigenvalue weighted by Gasteiger charge is -2.26. The normalized spacial score (nSPS) is 12.5. The van der Waals surface area contributed by atoms with Crippen molar-refractivity contribution in [3.05, 3.63) is 67.5 Å². The van der Waals surface area contributed by atoms with Crippen LogP contribution in [0.25, 0.3) is 22.2 Å². The number of amides is 1. The standard InChI is InChI=1S/C28H33N7O2/c1-7-27(36)30-22-16-23(26(37-6)17-25(22)34(4)15-14-33(2)3)32-28-29-13-12-21(31-28)20-18-35(5)24-11-9-8-10-19(20)24/h7-13,16-18H,1,14-15H2,2-6H3,(H,30,36)(H,29,31,32)/i4+1D3. The minimum Gasteiger partial charge on any atom is -0.494 e. The Balaban J connectivity index is 1.77. The molecule has 4 aromatic rings. The summed E-state index contributed by atoms with van der Waals surface area (Å²) in [5, 5.41) is 6.98. The number of likely N-dealkylation sites (N-methyl/N-ethyl adjacent to an activating group) is 2. The van der Waals surface area contributed by atoms with Crippen LogP contribution in [0.15, 0.2) is 67.5 Å². The van der Waals surface area contributed by atoms with E-state index < -0.39 is 12.9 Å². The number of hydrogen-bond acceptors (Lipinski definition) is 7. The fraction of sp³-hybridized carbons (Fsp3) is 0.250.